The van der Waals surface area contributed by atoms with Crippen LogP contribution in [0.5, 0.6) is 11.5 Å². The summed E-state index contributed by atoms with van der Waals surface area (Å²) in [6, 6.07) is 43.8. The first-order chi connectivity index (χ1) is 25.5. The van der Waals surface area contributed by atoms with Crippen molar-refractivity contribution >= 4 is 46.9 Å². The Balaban J connectivity index is 1.08. The Kier molecular flexibility index (Phi) is 10.5. The molecule has 3 amide bonds. The lowest BCUT2D eigenvalue weighted by Gasteiger charge is -2.20. The van der Waals surface area contributed by atoms with Gasteiger partial charge in [-0.3, -0.25) is 14.4 Å². The zero-order chi connectivity index (χ0) is 35.7. The monoisotopic (exact) mass is 707 g/mol. The topological polar surface area (TPSA) is 119 Å². The molecule has 10 heteroatoms. The van der Waals surface area contributed by atoms with E-state index in [1.807, 2.05) is 84.9 Å². The summed E-state index contributed by atoms with van der Waals surface area (Å²) in [6.07, 6.45) is 1.50. The maximum atomic E-state index is 13.7. The molecule has 0 bridgehead atoms. The van der Waals surface area contributed by atoms with E-state index in [0.717, 1.165) is 16.0 Å². The van der Waals surface area contributed by atoms with E-state index in [4.69, 9.17) is 13.9 Å². The van der Waals surface area contributed by atoms with Crippen LogP contribution in [0.25, 0.3) is 17.4 Å². The fourth-order valence-electron chi connectivity index (χ4n) is 5.45. The molecule has 0 fully saturated rings. The maximum absolute atomic E-state index is 13.7. The van der Waals surface area contributed by atoms with Crippen LogP contribution in [0.2, 0.25) is 0 Å². The minimum Gasteiger partial charge on any atom is -0.486 e. The van der Waals surface area contributed by atoms with Crippen molar-refractivity contribution in [2.45, 2.75) is 10.1 Å². The van der Waals surface area contributed by atoms with Crippen molar-refractivity contribution in [3.63, 3.8) is 0 Å². The van der Waals surface area contributed by atoms with E-state index < -0.39 is 17.1 Å². The fraction of sp³-hybridized carbons (Fsp3) is 0.0714. The summed E-state index contributed by atoms with van der Waals surface area (Å²) < 4.78 is 17.3. The highest BCUT2D eigenvalue weighted by Crippen LogP contribution is 2.38. The fourth-order valence-corrected chi connectivity index (χ4v) is 6.48. The summed E-state index contributed by atoms with van der Waals surface area (Å²) in [4.78, 5) is 41.3. The molecule has 6 aromatic rings. The van der Waals surface area contributed by atoms with Crippen molar-refractivity contribution in [3.05, 3.63) is 168 Å². The van der Waals surface area contributed by atoms with E-state index in [1.54, 1.807) is 60.7 Å². The van der Waals surface area contributed by atoms with E-state index in [2.05, 4.69) is 16.0 Å². The number of nitrogens with one attached hydrogen (secondary N) is 3. The Morgan fingerprint density at radius 2 is 1.31 bits per heavy atom. The number of hydrogen-bond donors (Lipinski definition) is 3. The number of anilines is 2. The lowest BCUT2D eigenvalue weighted by Crippen LogP contribution is -2.30. The number of carbonyl (C=O) groups excluding carboxylic acids is 3. The Morgan fingerprint density at radius 1 is 0.654 bits per heavy atom. The van der Waals surface area contributed by atoms with Crippen LogP contribution in [0, 0.1) is 0 Å². The second-order valence-corrected chi connectivity index (χ2v) is 12.9. The summed E-state index contributed by atoms with van der Waals surface area (Å²) in [5, 5.41) is 8.06. The van der Waals surface area contributed by atoms with Crippen molar-refractivity contribution in [2.75, 3.05) is 23.8 Å². The van der Waals surface area contributed by atoms with Gasteiger partial charge in [0.25, 0.3) is 11.8 Å². The molecule has 0 radical (unpaired) electrons. The minimum absolute atomic E-state index is 0.00113. The normalized spacial score (nSPS) is 12.7. The number of ether oxygens (including phenoxy) is 2. The predicted octanol–water partition coefficient (Wildman–Crippen LogP) is 8.60. The highest BCUT2D eigenvalue weighted by atomic mass is 32.2. The van der Waals surface area contributed by atoms with Crippen LogP contribution in [0.1, 0.15) is 26.9 Å². The molecule has 0 saturated heterocycles. The first-order valence-electron chi connectivity index (χ1n) is 16.6. The molecule has 0 spiro atoms. The number of furan rings is 1. The van der Waals surface area contributed by atoms with Crippen LogP contribution in [0.15, 0.2) is 161 Å². The molecule has 1 unspecified atom stereocenters. The maximum Gasteiger partial charge on any atom is 0.272 e. The first kappa shape index (κ1) is 34.0. The molecule has 258 valence electrons. The van der Waals surface area contributed by atoms with Crippen LogP contribution >= 0.6 is 11.8 Å². The van der Waals surface area contributed by atoms with Crippen molar-refractivity contribution in [1.82, 2.24) is 5.32 Å². The number of fused-ring (bicyclic) bond motifs is 1. The molecular formula is C42H33N3O6S. The Labute approximate surface area is 304 Å². The zero-order valence-corrected chi connectivity index (χ0v) is 28.6. The van der Waals surface area contributed by atoms with Crippen molar-refractivity contribution < 1.29 is 28.3 Å². The molecule has 7 rings (SSSR count). The SMILES string of the molecule is O=C(Nc1ccc(SC(C(=O)Nc2ccc3c(c2)OCCO3)c2ccccc2)cc1)/C(=C\c1ccc(-c2ccccc2)o1)NC(=O)c1ccccc1. The molecule has 5 aromatic carbocycles. The number of amides is 3. The number of benzene rings is 5. The van der Waals surface area contributed by atoms with Crippen LogP contribution < -0.4 is 25.4 Å². The smallest absolute Gasteiger partial charge is 0.272 e. The molecule has 1 aliphatic rings. The van der Waals surface area contributed by atoms with Gasteiger partial charge >= 0.3 is 0 Å². The van der Waals surface area contributed by atoms with Crippen molar-refractivity contribution in [1.29, 1.82) is 0 Å². The third-order valence-corrected chi connectivity index (χ3v) is 9.28. The van der Waals surface area contributed by atoms with Crippen molar-refractivity contribution in [3.8, 4) is 22.8 Å². The molecule has 9 nitrogen and oxygen atoms in total. The van der Waals surface area contributed by atoms with Gasteiger partial charge in [0.1, 0.15) is 35.7 Å². The number of thioether (sulfide) groups is 1. The number of carbonyl (C=O) groups is 3. The molecule has 0 aliphatic carbocycles. The van der Waals surface area contributed by atoms with Gasteiger partial charge in [-0.1, -0.05) is 78.9 Å². The Bertz CT molecular complexity index is 2200. The zero-order valence-electron chi connectivity index (χ0n) is 27.8. The molecule has 3 N–H and O–H groups in total. The van der Waals surface area contributed by atoms with E-state index in [9.17, 15) is 14.4 Å². The van der Waals surface area contributed by atoms with Crippen LogP contribution in [-0.2, 0) is 9.59 Å². The molecule has 1 atom stereocenters. The molecule has 52 heavy (non-hydrogen) atoms. The molecule has 0 saturated carbocycles. The van der Waals surface area contributed by atoms with Crippen LogP contribution in [-0.4, -0.2) is 30.9 Å². The third-order valence-electron chi connectivity index (χ3n) is 8.02. The van der Waals surface area contributed by atoms with Gasteiger partial charge in [0, 0.05) is 39.5 Å². The quantitative estimate of drug-likeness (QED) is 0.0912. The highest BCUT2D eigenvalue weighted by Gasteiger charge is 2.24. The van der Waals surface area contributed by atoms with Crippen LogP contribution in [0.4, 0.5) is 11.4 Å². The predicted molar refractivity (Wildman–Crippen MR) is 202 cm³/mol. The molecule has 1 aromatic heterocycles. The van der Waals surface area contributed by atoms with Gasteiger partial charge in [-0.2, -0.15) is 0 Å². The first-order valence-corrected chi connectivity index (χ1v) is 17.4. The van der Waals surface area contributed by atoms with Gasteiger partial charge < -0.3 is 29.8 Å². The summed E-state index contributed by atoms with van der Waals surface area (Å²) >= 11 is 1.38. The summed E-state index contributed by atoms with van der Waals surface area (Å²) in [7, 11) is 0. The lowest BCUT2D eigenvalue weighted by molar-refractivity contribution is -0.116. The number of rotatable bonds is 11. The lowest BCUT2D eigenvalue weighted by atomic mass is 10.1. The average Bonchev–Trinajstić information content (AvgIpc) is 3.67. The minimum atomic E-state index is -0.577. The largest absolute Gasteiger partial charge is 0.486 e. The van der Waals surface area contributed by atoms with E-state index in [-0.39, 0.29) is 11.6 Å². The third kappa shape index (κ3) is 8.43. The van der Waals surface area contributed by atoms with Crippen molar-refractivity contribution in [2.24, 2.45) is 0 Å². The van der Waals surface area contributed by atoms with Gasteiger partial charge in [0.15, 0.2) is 11.5 Å². The second kappa shape index (κ2) is 16.0. The standard InChI is InChI=1S/C42H33N3O6S/c46-40(30-14-8-3-9-15-30)45-35(27-33-19-23-36(51-33)28-10-4-1-5-11-28)41(47)43-31-16-20-34(21-17-31)52-39(29-12-6-2-7-13-29)42(48)44-32-18-22-37-38(26-32)50-25-24-49-37/h1-23,26-27,39H,24-25H2,(H,43,47)(H,44,48)(H,45,46)/b35-27+. The van der Waals surface area contributed by atoms with Gasteiger partial charge in [0.05, 0.1) is 0 Å². The second-order valence-electron chi connectivity index (χ2n) is 11.7. The Hall–Kier alpha value is -6.52. The summed E-state index contributed by atoms with van der Waals surface area (Å²) in [5.41, 5.74) is 3.21. The Morgan fingerprint density at radius 3 is 2.04 bits per heavy atom. The van der Waals surface area contributed by atoms with E-state index in [1.165, 1.54) is 17.8 Å². The van der Waals surface area contributed by atoms with E-state index >= 15 is 0 Å². The van der Waals surface area contributed by atoms with Gasteiger partial charge in [-0.15, -0.1) is 11.8 Å². The number of hydrogen-bond acceptors (Lipinski definition) is 7. The molecule has 2 heterocycles. The molecule has 1 aliphatic heterocycles. The van der Waals surface area contributed by atoms with Crippen LogP contribution in [0.3, 0.4) is 0 Å². The average molecular weight is 708 g/mol. The van der Waals surface area contributed by atoms with E-state index in [0.29, 0.717) is 53.2 Å². The van der Waals surface area contributed by atoms with Gasteiger partial charge in [0.2, 0.25) is 5.91 Å². The van der Waals surface area contributed by atoms with Gasteiger partial charge in [-0.05, 0) is 66.2 Å². The molecular weight excluding hydrogens is 675 g/mol. The summed E-state index contributed by atoms with van der Waals surface area (Å²) in [5.74, 6) is 1.07. The summed E-state index contributed by atoms with van der Waals surface area (Å²) in [6.45, 7) is 0.931. The highest BCUT2D eigenvalue weighted by molar-refractivity contribution is 8.00. The van der Waals surface area contributed by atoms with Gasteiger partial charge in [-0.25, -0.2) is 0 Å².